The van der Waals surface area contributed by atoms with E-state index in [1.807, 2.05) is 18.2 Å². The number of methoxy groups -OCH3 is 1. The van der Waals surface area contributed by atoms with Gasteiger partial charge in [-0.2, -0.15) is 0 Å². The highest BCUT2D eigenvalue weighted by Crippen LogP contribution is 2.29. The summed E-state index contributed by atoms with van der Waals surface area (Å²) in [5.41, 5.74) is 2.03. The molecule has 39 heavy (non-hydrogen) atoms. The number of carboxylic acid groups (broad SMARTS) is 1. The molecular weight excluding hydrogens is 502 g/mol. The first-order valence-corrected chi connectivity index (χ1v) is 11.8. The number of hydrogen-bond donors (Lipinski definition) is 3. The van der Waals surface area contributed by atoms with Crippen LogP contribution in [0.1, 0.15) is 21.6 Å². The van der Waals surface area contributed by atoms with Gasteiger partial charge in [0.2, 0.25) is 11.8 Å². The van der Waals surface area contributed by atoms with Gasteiger partial charge in [-0.05, 0) is 48.0 Å². The summed E-state index contributed by atoms with van der Waals surface area (Å²) in [4.78, 5) is 35.9. The standard InChI is InChI=1S/C28H25N5O6/c1-38-24-13-11-19(12-14-26(34)30-23-10-6-5-9-22(23)28(36)37)15-25(24)39-18-21-16-33(32-31-21)17-27(35)29-20-7-3-2-4-8-20/h2-16H,17-18H2,1H3,(H,29,35)(H,30,34)(H,36,37). The molecule has 0 spiro atoms. The molecule has 2 amide bonds. The Bertz CT molecular complexity index is 1500. The number of hydrogen-bond acceptors (Lipinski definition) is 7. The average molecular weight is 528 g/mol. The Morgan fingerprint density at radius 1 is 0.974 bits per heavy atom. The molecule has 0 aliphatic carbocycles. The van der Waals surface area contributed by atoms with Gasteiger partial charge in [-0.1, -0.05) is 41.6 Å². The van der Waals surface area contributed by atoms with Gasteiger partial charge >= 0.3 is 5.97 Å². The number of para-hydroxylation sites is 2. The minimum Gasteiger partial charge on any atom is -0.493 e. The van der Waals surface area contributed by atoms with Crippen LogP contribution in [-0.4, -0.2) is 45.0 Å². The summed E-state index contributed by atoms with van der Waals surface area (Å²) in [5, 5.41) is 22.6. The molecule has 3 aromatic carbocycles. The molecule has 3 N–H and O–H groups in total. The van der Waals surface area contributed by atoms with Crippen LogP contribution >= 0.6 is 0 Å². The molecule has 0 atom stereocenters. The Morgan fingerprint density at radius 2 is 1.74 bits per heavy atom. The van der Waals surface area contributed by atoms with Gasteiger partial charge in [-0.3, -0.25) is 9.59 Å². The van der Waals surface area contributed by atoms with Crippen molar-refractivity contribution >= 4 is 35.2 Å². The molecule has 0 aliphatic rings. The van der Waals surface area contributed by atoms with Crippen LogP contribution in [0.3, 0.4) is 0 Å². The third kappa shape index (κ3) is 7.52. The Hall–Kier alpha value is -5.45. The second-order valence-corrected chi connectivity index (χ2v) is 8.19. The van der Waals surface area contributed by atoms with Gasteiger partial charge in [0.1, 0.15) is 18.8 Å². The Kier molecular flexibility index (Phi) is 8.65. The summed E-state index contributed by atoms with van der Waals surface area (Å²) in [5.74, 6) is -0.985. The maximum Gasteiger partial charge on any atom is 0.337 e. The first-order chi connectivity index (χ1) is 18.9. The summed E-state index contributed by atoms with van der Waals surface area (Å²) >= 11 is 0. The predicted octanol–water partition coefficient (Wildman–Crippen LogP) is 3.85. The number of carboxylic acids is 1. The highest BCUT2D eigenvalue weighted by Gasteiger charge is 2.12. The number of anilines is 2. The van der Waals surface area contributed by atoms with E-state index in [1.165, 1.54) is 30.0 Å². The predicted molar refractivity (Wildman–Crippen MR) is 143 cm³/mol. The van der Waals surface area contributed by atoms with Gasteiger partial charge < -0.3 is 25.2 Å². The van der Waals surface area contributed by atoms with Gasteiger partial charge in [0.05, 0.1) is 24.6 Å². The summed E-state index contributed by atoms with van der Waals surface area (Å²) in [6.07, 6.45) is 4.46. The van der Waals surface area contributed by atoms with E-state index >= 15 is 0 Å². The van der Waals surface area contributed by atoms with Crippen molar-refractivity contribution in [2.45, 2.75) is 13.2 Å². The van der Waals surface area contributed by atoms with Crippen molar-refractivity contribution in [2.75, 3.05) is 17.7 Å². The van der Waals surface area contributed by atoms with Crippen molar-refractivity contribution in [3.63, 3.8) is 0 Å². The maximum atomic E-state index is 12.4. The number of ether oxygens (including phenoxy) is 2. The third-order valence-corrected chi connectivity index (χ3v) is 5.35. The van der Waals surface area contributed by atoms with Gasteiger partial charge in [-0.15, -0.1) is 5.10 Å². The van der Waals surface area contributed by atoms with E-state index < -0.39 is 11.9 Å². The van der Waals surface area contributed by atoms with Crippen LogP contribution < -0.4 is 20.1 Å². The number of amides is 2. The number of aromatic carboxylic acids is 1. The molecule has 4 rings (SSSR count). The third-order valence-electron chi connectivity index (χ3n) is 5.35. The van der Waals surface area contributed by atoms with E-state index in [-0.39, 0.29) is 30.3 Å². The lowest BCUT2D eigenvalue weighted by Crippen LogP contribution is -2.19. The van der Waals surface area contributed by atoms with Gasteiger partial charge in [0.25, 0.3) is 0 Å². The Balaban J connectivity index is 1.36. The minimum atomic E-state index is -1.14. The second kappa shape index (κ2) is 12.7. The van der Waals surface area contributed by atoms with E-state index in [2.05, 4.69) is 20.9 Å². The summed E-state index contributed by atoms with van der Waals surface area (Å²) < 4.78 is 12.6. The molecule has 1 aromatic heterocycles. The van der Waals surface area contributed by atoms with Crippen LogP contribution in [0.5, 0.6) is 11.5 Å². The zero-order chi connectivity index (χ0) is 27.6. The lowest BCUT2D eigenvalue weighted by atomic mass is 10.1. The molecule has 4 aromatic rings. The monoisotopic (exact) mass is 527 g/mol. The molecule has 11 heteroatoms. The first kappa shape index (κ1) is 26.6. The fourth-order valence-corrected chi connectivity index (χ4v) is 3.54. The molecule has 198 valence electrons. The van der Waals surface area contributed by atoms with E-state index in [0.717, 1.165) is 0 Å². The van der Waals surface area contributed by atoms with Crippen LogP contribution in [0, 0.1) is 0 Å². The van der Waals surface area contributed by atoms with Crippen molar-refractivity contribution in [2.24, 2.45) is 0 Å². The summed E-state index contributed by atoms with van der Waals surface area (Å²) in [7, 11) is 1.51. The van der Waals surface area contributed by atoms with Gasteiger partial charge in [0, 0.05) is 11.8 Å². The first-order valence-electron chi connectivity index (χ1n) is 11.8. The Labute approximate surface area is 223 Å². The van der Waals surface area contributed by atoms with Gasteiger partial charge in [-0.25, -0.2) is 9.48 Å². The smallest absolute Gasteiger partial charge is 0.337 e. The fraction of sp³-hybridized carbons (Fsp3) is 0.107. The highest BCUT2D eigenvalue weighted by atomic mass is 16.5. The van der Waals surface area contributed by atoms with Crippen LogP contribution in [0.4, 0.5) is 11.4 Å². The number of carbonyl (C=O) groups is 3. The quantitative estimate of drug-likeness (QED) is 0.250. The second-order valence-electron chi connectivity index (χ2n) is 8.19. The lowest BCUT2D eigenvalue weighted by molar-refractivity contribution is -0.117. The largest absolute Gasteiger partial charge is 0.493 e. The number of benzene rings is 3. The van der Waals surface area contributed by atoms with Crippen LogP contribution in [0.25, 0.3) is 6.08 Å². The number of rotatable bonds is 11. The molecule has 0 bridgehead atoms. The minimum absolute atomic E-state index is 0.00635. The van der Waals surface area contributed by atoms with E-state index in [1.54, 1.807) is 54.7 Å². The zero-order valence-electron chi connectivity index (χ0n) is 20.9. The highest BCUT2D eigenvalue weighted by molar-refractivity contribution is 6.06. The average Bonchev–Trinajstić information content (AvgIpc) is 3.38. The SMILES string of the molecule is COc1ccc(C=CC(=O)Nc2ccccc2C(=O)O)cc1OCc1cn(CC(=O)Nc2ccccc2)nn1. The van der Waals surface area contributed by atoms with Crippen LogP contribution in [0.15, 0.2) is 85.1 Å². The number of aromatic nitrogens is 3. The number of nitrogens with zero attached hydrogens (tertiary/aromatic N) is 3. The summed E-state index contributed by atoms with van der Waals surface area (Å²) in [6, 6.07) is 20.4. The van der Waals surface area contributed by atoms with E-state index in [9.17, 15) is 19.5 Å². The number of carbonyl (C=O) groups excluding carboxylic acids is 2. The molecule has 0 saturated carbocycles. The fourth-order valence-electron chi connectivity index (χ4n) is 3.54. The molecule has 11 nitrogen and oxygen atoms in total. The molecule has 0 aliphatic heterocycles. The molecule has 0 fully saturated rings. The number of nitrogens with one attached hydrogen (secondary N) is 2. The van der Waals surface area contributed by atoms with Crippen LogP contribution in [0.2, 0.25) is 0 Å². The summed E-state index contributed by atoms with van der Waals surface area (Å²) in [6.45, 7) is 0.0563. The normalized spacial score (nSPS) is 10.7. The van der Waals surface area contributed by atoms with Gasteiger partial charge in [0.15, 0.2) is 11.5 Å². The van der Waals surface area contributed by atoms with Crippen molar-refractivity contribution in [3.8, 4) is 11.5 Å². The van der Waals surface area contributed by atoms with Crippen molar-refractivity contribution in [3.05, 3.63) is 102 Å². The van der Waals surface area contributed by atoms with Crippen molar-refractivity contribution in [1.29, 1.82) is 0 Å². The molecule has 1 heterocycles. The van der Waals surface area contributed by atoms with Crippen molar-refractivity contribution < 1.29 is 29.0 Å². The molecule has 0 radical (unpaired) electrons. The van der Waals surface area contributed by atoms with Crippen LogP contribution in [-0.2, 0) is 22.7 Å². The topological polar surface area (TPSA) is 145 Å². The lowest BCUT2D eigenvalue weighted by Gasteiger charge is -2.10. The van der Waals surface area contributed by atoms with E-state index in [4.69, 9.17) is 9.47 Å². The molecule has 0 unspecified atom stereocenters. The zero-order valence-corrected chi connectivity index (χ0v) is 20.9. The molecule has 0 saturated heterocycles. The van der Waals surface area contributed by atoms with E-state index in [0.29, 0.717) is 28.4 Å². The van der Waals surface area contributed by atoms with Crippen molar-refractivity contribution in [1.82, 2.24) is 15.0 Å². The Morgan fingerprint density at radius 3 is 2.51 bits per heavy atom. The molecular formula is C28H25N5O6. The maximum absolute atomic E-state index is 12.4.